The lowest BCUT2D eigenvalue weighted by Crippen LogP contribution is -2.06. The molecule has 0 aromatic heterocycles. The van der Waals surface area contributed by atoms with Gasteiger partial charge in [-0.05, 0) is 42.3 Å². The smallest absolute Gasteiger partial charge is 0.363 e. The number of nitrogens with zero attached hydrogens (tertiary/aromatic N) is 1. The molecule has 0 saturated heterocycles. The Morgan fingerprint density at radius 3 is 2.52 bits per heavy atom. The molecule has 2 aromatic carbocycles. The lowest BCUT2D eigenvalue weighted by Gasteiger charge is -2.02. The fourth-order valence-electron chi connectivity index (χ4n) is 2.05. The van der Waals surface area contributed by atoms with Crippen molar-refractivity contribution >= 4 is 17.9 Å². The number of ether oxygens (including phenoxy) is 1. The zero-order valence-electron chi connectivity index (χ0n) is 11.3. The van der Waals surface area contributed by atoms with Crippen LogP contribution in [0, 0.1) is 12.7 Å². The molecule has 0 unspecified atom stereocenters. The highest BCUT2D eigenvalue weighted by molar-refractivity contribution is 6.13. The molecule has 1 heterocycles. The van der Waals surface area contributed by atoms with Gasteiger partial charge in [0.25, 0.3) is 0 Å². The summed E-state index contributed by atoms with van der Waals surface area (Å²) >= 11 is 0. The van der Waals surface area contributed by atoms with Crippen molar-refractivity contribution in [3.63, 3.8) is 0 Å². The summed E-state index contributed by atoms with van der Waals surface area (Å²) in [7, 11) is 0. The number of carbonyl (C=O) groups excluding carboxylic acids is 1. The molecule has 4 heteroatoms. The Kier molecular flexibility index (Phi) is 3.36. The molecule has 0 aliphatic carbocycles. The summed E-state index contributed by atoms with van der Waals surface area (Å²) in [5.74, 6) is -0.528. The second-order valence-corrected chi connectivity index (χ2v) is 4.70. The van der Waals surface area contributed by atoms with Crippen LogP contribution in [0.15, 0.2) is 59.2 Å². The summed E-state index contributed by atoms with van der Waals surface area (Å²) < 4.78 is 18.1. The van der Waals surface area contributed by atoms with E-state index in [4.69, 9.17) is 4.74 Å². The molecule has 104 valence electrons. The number of hydrogen-bond acceptors (Lipinski definition) is 3. The number of rotatable bonds is 2. The van der Waals surface area contributed by atoms with E-state index in [1.54, 1.807) is 18.2 Å². The maximum Gasteiger partial charge on any atom is 0.363 e. The van der Waals surface area contributed by atoms with E-state index in [1.165, 1.54) is 12.1 Å². The fourth-order valence-corrected chi connectivity index (χ4v) is 2.05. The Labute approximate surface area is 121 Å². The van der Waals surface area contributed by atoms with E-state index in [1.807, 2.05) is 31.2 Å². The monoisotopic (exact) mass is 281 g/mol. The second kappa shape index (κ2) is 5.32. The molecule has 0 radical (unpaired) electrons. The van der Waals surface area contributed by atoms with Crippen LogP contribution in [0.2, 0.25) is 0 Å². The van der Waals surface area contributed by atoms with E-state index >= 15 is 0 Å². The van der Waals surface area contributed by atoms with Gasteiger partial charge in [0.15, 0.2) is 5.70 Å². The zero-order chi connectivity index (χ0) is 14.8. The molecule has 0 spiro atoms. The van der Waals surface area contributed by atoms with E-state index in [9.17, 15) is 9.18 Å². The van der Waals surface area contributed by atoms with Crippen LogP contribution in [-0.2, 0) is 9.53 Å². The number of aliphatic imine (C=N–C) groups is 1. The molecule has 0 amide bonds. The number of halogens is 1. The van der Waals surface area contributed by atoms with Gasteiger partial charge in [-0.2, -0.15) is 0 Å². The van der Waals surface area contributed by atoms with Crippen molar-refractivity contribution in [3.8, 4) is 0 Å². The molecular weight excluding hydrogens is 269 g/mol. The highest BCUT2D eigenvalue weighted by atomic mass is 19.1. The predicted octanol–water partition coefficient (Wildman–Crippen LogP) is 3.48. The summed E-state index contributed by atoms with van der Waals surface area (Å²) in [6, 6.07) is 13.4. The van der Waals surface area contributed by atoms with Crippen molar-refractivity contribution in [2.24, 2.45) is 4.99 Å². The van der Waals surface area contributed by atoms with Crippen LogP contribution in [0.25, 0.3) is 6.08 Å². The fraction of sp³-hybridized carbons (Fsp3) is 0.0588. The topological polar surface area (TPSA) is 38.7 Å². The van der Waals surface area contributed by atoms with Gasteiger partial charge in [0.1, 0.15) is 5.82 Å². The van der Waals surface area contributed by atoms with Crippen molar-refractivity contribution in [1.29, 1.82) is 0 Å². The SMILES string of the molecule is Cc1ccccc1C1=N/C(=C\c2ccc(F)cc2)C(=O)O1. The molecule has 1 aliphatic rings. The van der Waals surface area contributed by atoms with Crippen molar-refractivity contribution in [3.05, 3.63) is 76.7 Å². The molecule has 0 atom stereocenters. The first-order chi connectivity index (χ1) is 10.1. The molecule has 0 N–H and O–H groups in total. The number of benzene rings is 2. The first kappa shape index (κ1) is 13.2. The molecule has 1 aliphatic heterocycles. The summed E-state index contributed by atoms with van der Waals surface area (Å²) in [5, 5.41) is 0. The number of esters is 1. The van der Waals surface area contributed by atoms with Gasteiger partial charge in [-0.25, -0.2) is 14.2 Å². The van der Waals surface area contributed by atoms with Gasteiger partial charge >= 0.3 is 5.97 Å². The lowest BCUT2D eigenvalue weighted by molar-refractivity contribution is -0.129. The number of cyclic esters (lactones) is 1. The van der Waals surface area contributed by atoms with Crippen LogP contribution in [0.1, 0.15) is 16.7 Å². The van der Waals surface area contributed by atoms with Gasteiger partial charge < -0.3 is 4.74 Å². The van der Waals surface area contributed by atoms with E-state index in [2.05, 4.69) is 4.99 Å². The van der Waals surface area contributed by atoms with Crippen LogP contribution >= 0.6 is 0 Å². The Balaban J connectivity index is 1.96. The van der Waals surface area contributed by atoms with Crippen LogP contribution in [0.5, 0.6) is 0 Å². The van der Waals surface area contributed by atoms with Crippen molar-refractivity contribution in [1.82, 2.24) is 0 Å². The summed E-state index contributed by atoms with van der Waals surface area (Å²) in [6.07, 6.45) is 1.58. The van der Waals surface area contributed by atoms with Crippen molar-refractivity contribution in [2.75, 3.05) is 0 Å². The maximum atomic E-state index is 12.9. The maximum absolute atomic E-state index is 12.9. The summed E-state index contributed by atoms with van der Waals surface area (Å²) in [6.45, 7) is 1.92. The second-order valence-electron chi connectivity index (χ2n) is 4.70. The first-order valence-corrected chi connectivity index (χ1v) is 6.47. The quantitative estimate of drug-likeness (QED) is 0.624. The first-order valence-electron chi connectivity index (χ1n) is 6.47. The Hall–Kier alpha value is -2.75. The molecule has 0 bridgehead atoms. The van der Waals surface area contributed by atoms with Crippen LogP contribution < -0.4 is 0 Å². The number of carbonyl (C=O) groups is 1. The molecule has 3 nitrogen and oxygen atoms in total. The Morgan fingerprint density at radius 1 is 1.10 bits per heavy atom. The standard InChI is InChI=1S/C17H12FNO2/c1-11-4-2-3-5-14(11)16-19-15(17(20)21-16)10-12-6-8-13(18)9-7-12/h2-10H,1H3/b15-10-. The average Bonchev–Trinajstić information content (AvgIpc) is 2.83. The zero-order valence-corrected chi connectivity index (χ0v) is 11.3. The lowest BCUT2D eigenvalue weighted by atomic mass is 10.1. The van der Waals surface area contributed by atoms with Gasteiger partial charge in [-0.15, -0.1) is 0 Å². The highest BCUT2D eigenvalue weighted by Crippen LogP contribution is 2.20. The minimum Gasteiger partial charge on any atom is -0.402 e. The third kappa shape index (κ3) is 2.74. The van der Waals surface area contributed by atoms with Crippen LogP contribution in [0.3, 0.4) is 0 Å². The van der Waals surface area contributed by atoms with Gasteiger partial charge in [0, 0.05) is 5.56 Å². The molecule has 21 heavy (non-hydrogen) atoms. The van der Waals surface area contributed by atoms with Crippen molar-refractivity contribution in [2.45, 2.75) is 6.92 Å². The largest absolute Gasteiger partial charge is 0.402 e. The van der Waals surface area contributed by atoms with Crippen molar-refractivity contribution < 1.29 is 13.9 Å². The van der Waals surface area contributed by atoms with Gasteiger partial charge in [0.2, 0.25) is 5.90 Å². The van der Waals surface area contributed by atoms with Gasteiger partial charge in [-0.1, -0.05) is 30.3 Å². The normalized spacial score (nSPS) is 16.0. The van der Waals surface area contributed by atoms with E-state index in [0.29, 0.717) is 11.5 Å². The Morgan fingerprint density at radius 2 is 1.81 bits per heavy atom. The van der Waals surface area contributed by atoms with E-state index < -0.39 is 5.97 Å². The molecule has 0 fully saturated rings. The molecule has 2 aromatic rings. The number of aryl methyl sites for hydroxylation is 1. The Bertz CT molecular complexity index is 761. The van der Waals surface area contributed by atoms with Crippen LogP contribution in [0.4, 0.5) is 4.39 Å². The minimum atomic E-state index is -0.502. The minimum absolute atomic E-state index is 0.208. The van der Waals surface area contributed by atoms with Gasteiger partial charge in [-0.3, -0.25) is 0 Å². The number of hydrogen-bond donors (Lipinski definition) is 0. The van der Waals surface area contributed by atoms with E-state index in [0.717, 1.165) is 11.1 Å². The van der Waals surface area contributed by atoms with Gasteiger partial charge in [0.05, 0.1) is 0 Å². The molecular formula is C17H12FNO2. The van der Waals surface area contributed by atoms with Crippen LogP contribution in [-0.4, -0.2) is 11.9 Å². The molecule has 3 rings (SSSR count). The van der Waals surface area contributed by atoms with E-state index in [-0.39, 0.29) is 11.5 Å². The molecule has 0 saturated carbocycles. The third-order valence-corrected chi connectivity index (χ3v) is 3.17. The average molecular weight is 281 g/mol. The predicted molar refractivity (Wildman–Crippen MR) is 78.2 cm³/mol. The summed E-state index contributed by atoms with van der Waals surface area (Å²) in [4.78, 5) is 16.1. The highest BCUT2D eigenvalue weighted by Gasteiger charge is 2.24. The summed E-state index contributed by atoms with van der Waals surface area (Å²) in [5.41, 5.74) is 2.67. The third-order valence-electron chi connectivity index (χ3n) is 3.17.